The highest BCUT2D eigenvalue weighted by molar-refractivity contribution is 5.49. The van der Waals surface area contributed by atoms with Crippen LogP contribution in [0.3, 0.4) is 0 Å². The van der Waals surface area contributed by atoms with Gasteiger partial charge in [-0.3, -0.25) is 0 Å². The van der Waals surface area contributed by atoms with Gasteiger partial charge in [-0.15, -0.1) is 0 Å². The molecule has 0 heterocycles. The summed E-state index contributed by atoms with van der Waals surface area (Å²) in [4.78, 5) is 1.78. The zero-order valence-corrected chi connectivity index (χ0v) is 11.4. The van der Waals surface area contributed by atoms with E-state index >= 15 is 0 Å². The fraction of sp³-hybridized carbons (Fsp3) is 0.571. The summed E-state index contributed by atoms with van der Waals surface area (Å²) >= 11 is 0. The summed E-state index contributed by atoms with van der Waals surface area (Å²) < 4.78 is 14.0. The lowest BCUT2D eigenvalue weighted by Crippen LogP contribution is -2.39. The highest BCUT2D eigenvalue weighted by Crippen LogP contribution is 2.24. The summed E-state index contributed by atoms with van der Waals surface area (Å²) in [5.74, 6) is -0.375. The third-order valence-electron chi connectivity index (χ3n) is 2.75. The molecule has 102 valence electrons. The zero-order chi connectivity index (χ0) is 13.9. The van der Waals surface area contributed by atoms with E-state index in [4.69, 9.17) is 0 Å². The van der Waals surface area contributed by atoms with Crippen molar-refractivity contribution in [2.75, 3.05) is 18.0 Å². The number of halogens is 1. The molecule has 1 aromatic carbocycles. The van der Waals surface area contributed by atoms with Gasteiger partial charge < -0.3 is 15.1 Å². The molecule has 0 aliphatic rings. The molecule has 18 heavy (non-hydrogen) atoms. The van der Waals surface area contributed by atoms with Crippen molar-refractivity contribution >= 4 is 5.69 Å². The minimum Gasteiger partial charge on any atom is -0.389 e. The maximum atomic E-state index is 14.0. The maximum absolute atomic E-state index is 14.0. The van der Waals surface area contributed by atoms with Gasteiger partial charge in [0.05, 0.1) is 17.4 Å². The second-order valence-electron chi connectivity index (χ2n) is 5.21. The lowest BCUT2D eigenvalue weighted by Gasteiger charge is -2.30. The summed E-state index contributed by atoms with van der Waals surface area (Å²) in [6, 6.07) is 4.69. The van der Waals surface area contributed by atoms with Crippen LogP contribution in [-0.4, -0.2) is 28.9 Å². The first-order valence-electron chi connectivity index (χ1n) is 6.19. The van der Waals surface area contributed by atoms with Crippen molar-refractivity contribution < 1.29 is 14.6 Å². The first-order chi connectivity index (χ1) is 8.24. The van der Waals surface area contributed by atoms with Crippen LogP contribution in [0, 0.1) is 5.82 Å². The Morgan fingerprint density at radius 3 is 2.39 bits per heavy atom. The van der Waals surface area contributed by atoms with E-state index < -0.39 is 11.7 Å². The number of aliphatic hydroxyl groups excluding tert-OH is 1. The second kappa shape index (κ2) is 5.67. The molecule has 0 radical (unpaired) electrons. The molecule has 4 heteroatoms. The normalized spacial score (nSPS) is 13.5. The van der Waals surface area contributed by atoms with Crippen molar-refractivity contribution in [1.29, 1.82) is 0 Å². The van der Waals surface area contributed by atoms with E-state index in [1.165, 1.54) is 6.07 Å². The Bertz CT molecular complexity index is 399. The largest absolute Gasteiger partial charge is 0.389 e. The number of anilines is 1. The summed E-state index contributed by atoms with van der Waals surface area (Å²) in [7, 11) is 0. The van der Waals surface area contributed by atoms with Gasteiger partial charge >= 0.3 is 0 Å². The summed E-state index contributed by atoms with van der Waals surface area (Å²) in [6.07, 6.45) is -0.682. The van der Waals surface area contributed by atoms with E-state index in [2.05, 4.69) is 0 Å². The van der Waals surface area contributed by atoms with Gasteiger partial charge in [0.25, 0.3) is 0 Å². The highest BCUT2D eigenvalue weighted by atomic mass is 19.1. The van der Waals surface area contributed by atoms with Gasteiger partial charge in [0.2, 0.25) is 0 Å². The second-order valence-corrected chi connectivity index (χ2v) is 5.21. The van der Waals surface area contributed by atoms with Crippen LogP contribution in [0.5, 0.6) is 0 Å². The quantitative estimate of drug-likeness (QED) is 0.849. The predicted octanol–water partition coefficient (Wildman–Crippen LogP) is 2.48. The first-order valence-corrected chi connectivity index (χ1v) is 6.19. The molecule has 3 nitrogen and oxygen atoms in total. The van der Waals surface area contributed by atoms with E-state index in [1.807, 2.05) is 6.92 Å². The summed E-state index contributed by atoms with van der Waals surface area (Å²) in [5.41, 5.74) is 0.116. The Kier molecular flexibility index (Phi) is 4.71. The monoisotopic (exact) mass is 255 g/mol. The van der Waals surface area contributed by atoms with Gasteiger partial charge in [0, 0.05) is 13.1 Å². The van der Waals surface area contributed by atoms with Crippen LogP contribution in [0.2, 0.25) is 0 Å². The highest BCUT2D eigenvalue weighted by Gasteiger charge is 2.20. The number of nitrogens with zero attached hydrogens (tertiary/aromatic N) is 1. The van der Waals surface area contributed by atoms with Crippen LogP contribution >= 0.6 is 0 Å². The standard InChI is InChI=1S/C14H22FNO2/c1-5-16(9-14(3,4)18)13-7-6-11(10(2)17)8-12(13)15/h6-8,10,17-18H,5,9H2,1-4H3. The van der Waals surface area contributed by atoms with E-state index in [-0.39, 0.29) is 5.82 Å². The minimum absolute atomic E-state index is 0.356. The van der Waals surface area contributed by atoms with Crippen LogP contribution in [0.25, 0.3) is 0 Å². The molecule has 0 aromatic heterocycles. The van der Waals surface area contributed by atoms with Gasteiger partial charge in [-0.1, -0.05) is 6.07 Å². The molecule has 1 unspecified atom stereocenters. The molecular weight excluding hydrogens is 233 g/mol. The van der Waals surface area contributed by atoms with E-state index in [0.29, 0.717) is 24.3 Å². The molecule has 0 saturated heterocycles. The average Bonchev–Trinajstić information content (AvgIpc) is 2.24. The lowest BCUT2D eigenvalue weighted by atomic mass is 10.1. The number of benzene rings is 1. The van der Waals surface area contributed by atoms with Gasteiger partial charge in [-0.25, -0.2) is 4.39 Å². The Hall–Kier alpha value is -1.13. The van der Waals surface area contributed by atoms with Crippen LogP contribution in [0.1, 0.15) is 39.4 Å². The molecule has 1 atom stereocenters. The van der Waals surface area contributed by atoms with E-state index in [9.17, 15) is 14.6 Å². The van der Waals surface area contributed by atoms with Crippen molar-refractivity contribution in [3.05, 3.63) is 29.6 Å². The van der Waals surface area contributed by atoms with E-state index in [1.54, 1.807) is 37.8 Å². The number of hydrogen-bond acceptors (Lipinski definition) is 3. The maximum Gasteiger partial charge on any atom is 0.146 e. The third-order valence-corrected chi connectivity index (χ3v) is 2.75. The Labute approximate surface area is 108 Å². The summed E-state index contributed by atoms with van der Waals surface area (Å²) in [5, 5.41) is 19.2. The van der Waals surface area contributed by atoms with Crippen LogP contribution in [-0.2, 0) is 0 Å². The molecule has 0 bridgehead atoms. The number of aliphatic hydroxyl groups is 2. The van der Waals surface area contributed by atoms with Crippen molar-refractivity contribution in [2.24, 2.45) is 0 Å². The van der Waals surface area contributed by atoms with Gasteiger partial charge in [-0.05, 0) is 45.4 Å². The smallest absolute Gasteiger partial charge is 0.146 e. The van der Waals surface area contributed by atoms with E-state index in [0.717, 1.165) is 0 Å². The zero-order valence-electron chi connectivity index (χ0n) is 11.4. The van der Waals surface area contributed by atoms with Crippen LogP contribution < -0.4 is 4.90 Å². The SMILES string of the molecule is CCN(CC(C)(C)O)c1ccc(C(C)O)cc1F. The number of rotatable bonds is 5. The van der Waals surface area contributed by atoms with Gasteiger partial charge in [0.15, 0.2) is 0 Å². The molecule has 1 rings (SSSR count). The van der Waals surface area contributed by atoms with Gasteiger partial charge in [-0.2, -0.15) is 0 Å². The number of hydrogen-bond donors (Lipinski definition) is 2. The average molecular weight is 255 g/mol. The first kappa shape index (κ1) is 14.9. The molecule has 0 aliphatic carbocycles. The van der Waals surface area contributed by atoms with Crippen molar-refractivity contribution in [3.8, 4) is 0 Å². The Balaban J connectivity index is 3.00. The predicted molar refractivity (Wildman–Crippen MR) is 71.2 cm³/mol. The molecule has 1 aromatic rings. The summed E-state index contributed by atoms with van der Waals surface area (Å²) in [6.45, 7) is 7.86. The molecule has 0 amide bonds. The Morgan fingerprint density at radius 2 is 2.00 bits per heavy atom. The molecule has 0 saturated carbocycles. The van der Waals surface area contributed by atoms with Gasteiger partial charge in [0.1, 0.15) is 5.82 Å². The van der Waals surface area contributed by atoms with Crippen LogP contribution in [0.15, 0.2) is 18.2 Å². The van der Waals surface area contributed by atoms with Crippen molar-refractivity contribution in [1.82, 2.24) is 0 Å². The third kappa shape index (κ3) is 3.96. The minimum atomic E-state index is -0.884. The molecule has 0 fully saturated rings. The fourth-order valence-corrected chi connectivity index (χ4v) is 1.87. The fourth-order valence-electron chi connectivity index (χ4n) is 1.87. The topological polar surface area (TPSA) is 43.7 Å². The van der Waals surface area contributed by atoms with Crippen LogP contribution in [0.4, 0.5) is 10.1 Å². The molecule has 0 spiro atoms. The van der Waals surface area contributed by atoms with Crippen molar-refractivity contribution in [2.45, 2.75) is 39.4 Å². The number of likely N-dealkylation sites (N-methyl/N-ethyl adjacent to an activating group) is 1. The van der Waals surface area contributed by atoms with Crippen molar-refractivity contribution in [3.63, 3.8) is 0 Å². The molecule has 2 N–H and O–H groups in total. The Morgan fingerprint density at radius 1 is 1.39 bits per heavy atom. The lowest BCUT2D eigenvalue weighted by molar-refractivity contribution is 0.0874. The molecule has 0 aliphatic heterocycles. The molecular formula is C14H22FNO2.